The molecule has 2 aromatic rings. The van der Waals surface area contributed by atoms with Crippen LogP contribution < -0.4 is 17.0 Å². The highest BCUT2D eigenvalue weighted by Crippen LogP contribution is 2.06. The van der Waals surface area contributed by atoms with Crippen LogP contribution in [0.1, 0.15) is 13.8 Å². The van der Waals surface area contributed by atoms with Crippen molar-refractivity contribution in [2.45, 2.75) is 20.5 Å². The molecule has 0 saturated carbocycles. The molecule has 0 unspecified atom stereocenters. The van der Waals surface area contributed by atoms with E-state index in [1.807, 2.05) is 13.8 Å². The van der Waals surface area contributed by atoms with E-state index in [0.29, 0.717) is 11.0 Å². The van der Waals surface area contributed by atoms with Crippen LogP contribution in [0, 0.1) is 0 Å². The van der Waals surface area contributed by atoms with Crippen molar-refractivity contribution < 1.29 is 0 Å². The van der Waals surface area contributed by atoms with Gasteiger partial charge in [-0.1, -0.05) is 13.8 Å². The second-order valence-electron chi connectivity index (χ2n) is 2.89. The molecule has 7 nitrogen and oxygen atoms in total. The minimum atomic E-state index is -0.269. The van der Waals surface area contributed by atoms with Gasteiger partial charge in [-0.25, -0.2) is 4.98 Å². The summed E-state index contributed by atoms with van der Waals surface area (Å²) >= 11 is 0. The van der Waals surface area contributed by atoms with Crippen LogP contribution in [0.5, 0.6) is 0 Å². The maximum atomic E-state index is 11.8. The average molecular weight is 224 g/mol. The number of nitrogens with zero attached hydrogens (tertiary/aromatic N) is 4. The second-order valence-corrected chi connectivity index (χ2v) is 2.89. The number of hydrogen-bond donors (Lipinski definition) is 2. The summed E-state index contributed by atoms with van der Waals surface area (Å²) in [4.78, 5) is 15.8. The molecule has 0 spiro atoms. The van der Waals surface area contributed by atoms with E-state index in [-0.39, 0.29) is 18.2 Å². The Morgan fingerprint density at radius 2 is 2.06 bits per heavy atom. The lowest BCUT2D eigenvalue weighted by molar-refractivity contribution is 0.695. The Morgan fingerprint density at radius 1 is 1.44 bits per heavy atom. The summed E-state index contributed by atoms with van der Waals surface area (Å²) in [5, 5.41) is 3.92. The van der Waals surface area contributed by atoms with E-state index in [1.165, 1.54) is 15.4 Å². The van der Waals surface area contributed by atoms with Gasteiger partial charge in [0.05, 0.1) is 12.9 Å². The van der Waals surface area contributed by atoms with Crippen molar-refractivity contribution in [2.75, 3.05) is 5.73 Å². The van der Waals surface area contributed by atoms with Crippen LogP contribution >= 0.6 is 0 Å². The molecule has 2 rings (SSSR count). The van der Waals surface area contributed by atoms with Crippen LogP contribution in [0.2, 0.25) is 0 Å². The highest BCUT2D eigenvalue weighted by Gasteiger charge is 2.10. The molecule has 0 aromatic carbocycles. The third-order valence-corrected chi connectivity index (χ3v) is 2.06. The minimum absolute atomic E-state index is 0.0127. The summed E-state index contributed by atoms with van der Waals surface area (Å²) in [5.74, 6) is 0.109. The molecule has 88 valence electrons. The summed E-state index contributed by atoms with van der Waals surface area (Å²) < 4.78 is 2.65. The maximum absolute atomic E-state index is 11.8. The largest absolute Gasteiger partial charge is 0.369 e. The van der Waals surface area contributed by atoms with E-state index < -0.39 is 0 Å². The fourth-order valence-corrected chi connectivity index (χ4v) is 1.35. The van der Waals surface area contributed by atoms with E-state index in [0.717, 1.165) is 0 Å². The number of aromatic nitrogens is 4. The predicted molar refractivity (Wildman–Crippen MR) is 62.7 cm³/mol. The number of nitrogen functional groups attached to an aromatic ring is 1. The highest BCUT2D eigenvalue weighted by atomic mass is 16.1. The zero-order valence-electron chi connectivity index (χ0n) is 9.64. The Bertz CT molecular complexity index is 541. The van der Waals surface area contributed by atoms with Crippen LogP contribution in [0.3, 0.4) is 0 Å². The summed E-state index contributed by atoms with van der Waals surface area (Å²) in [7, 11) is 1.67. The molecule has 0 fully saturated rings. The van der Waals surface area contributed by atoms with Gasteiger partial charge in [0, 0.05) is 7.05 Å². The molecule has 0 saturated heterocycles. The van der Waals surface area contributed by atoms with Gasteiger partial charge in [0.1, 0.15) is 5.52 Å². The van der Waals surface area contributed by atoms with Crippen molar-refractivity contribution >= 4 is 17.0 Å². The van der Waals surface area contributed by atoms with Gasteiger partial charge < -0.3 is 11.5 Å². The Labute approximate surface area is 92.7 Å². The first-order chi connectivity index (χ1) is 7.65. The molecule has 0 amide bonds. The Hall–Kier alpha value is -1.89. The van der Waals surface area contributed by atoms with Gasteiger partial charge in [-0.15, -0.1) is 0 Å². The van der Waals surface area contributed by atoms with Crippen LogP contribution in [0.4, 0.5) is 5.95 Å². The molecule has 0 aliphatic carbocycles. The minimum Gasteiger partial charge on any atom is -0.369 e. The van der Waals surface area contributed by atoms with E-state index >= 15 is 0 Å². The van der Waals surface area contributed by atoms with Crippen molar-refractivity contribution in [3.05, 3.63) is 16.6 Å². The molecule has 0 radical (unpaired) electrons. The summed E-state index contributed by atoms with van der Waals surface area (Å²) in [5.41, 5.74) is 11.5. The number of rotatable bonds is 1. The van der Waals surface area contributed by atoms with Gasteiger partial charge in [0.15, 0.2) is 5.52 Å². The highest BCUT2D eigenvalue weighted by molar-refractivity contribution is 5.73. The normalized spacial score (nSPS) is 10.0. The molecular weight excluding hydrogens is 208 g/mol. The lowest BCUT2D eigenvalue weighted by atomic mass is 10.4. The molecule has 0 bridgehead atoms. The molecule has 0 aliphatic heterocycles. The van der Waals surface area contributed by atoms with E-state index in [1.54, 1.807) is 7.05 Å². The number of anilines is 1. The molecule has 7 heteroatoms. The zero-order valence-corrected chi connectivity index (χ0v) is 9.64. The third kappa shape index (κ3) is 1.76. The number of fused-ring (bicyclic) bond motifs is 1. The average Bonchev–Trinajstić information content (AvgIpc) is 2.63. The van der Waals surface area contributed by atoms with Crippen LogP contribution in [0.25, 0.3) is 11.0 Å². The number of aryl methyl sites for hydroxylation is 1. The van der Waals surface area contributed by atoms with Gasteiger partial charge in [-0.2, -0.15) is 5.10 Å². The molecule has 2 heterocycles. The van der Waals surface area contributed by atoms with Crippen molar-refractivity contribution in [2.24, 2.45) is 12.8 Å². The fraction of sp³-hybridized carbons (Fsp3) is 0.444. The topological polar surface area (TPSA) is 105 Å². The predicted octanol–water partition coefficient (Wildman–Crippen LogP) is -0.345. The van der Waals surface area contributed by atoms with Gasteiger partial charge in [-0.3, -0.25) is 14.0 Å². The van der Waals surface area contributed by atoms with Crippen LogP contribution in [0.15, 0.2) is 11.0 Å². The Kier molecular flexibility index (Phi) is 3.62. The van der Waals surface area contributed by atoms with Crippen molar-refractivity contribution in [1.29, 1.82) is 0 Å². The first kappa shape index (κ1) is 12.2. The summed E-state index contributed by atoms with van der Waals surface area (Å²) in [6.07, 6.45) is 1.49. The molecular formula is C9H16N6O. The fourth-order valence-electron chi connectivity index (χ4n) is 1.35. The Balaban J connectivity index is 0.000000606. The van der Waals surface area contributed by atoms with E-state index in [4.69, 9.17) is 11.5 Å². The second kappa shape index (κ2) is 4.75. The number of nitrogens with two attached hydrogens (primary N) is 2. The van der Waals surface area contributed by atoms with Gasteiger partial charge in [-0.05, 0) is 0 Å². The summed E-state index contributed by atoms with van der Waals surface area (Å²) in [6, 6.07) is 0. The van der Waals surface area contributed by atoms with Gasteiger partial charge in [0.2, 0.25) is 5.95 Å². The van der Waals surface area contributed by atoms with E-state index in [9.17, 15) is 4.79 Å². The molecule has 4 N–H and O–H groups in total. The lowest BCUT2D eigenvalue weighted by Gasteiger charge is -2.05. The maximum Gasteiger partial charge on any atom is 0.282 e. The monoisotopic (exact) mass is 224 g/mol. The molecule has 16 heavy (non-hydrogen) atoms. The molecule has 0 atom stereocenters. The quantitative estimate of drug-likeness (QED) is 0.689. The van der Waals surface area contributed by atoms with Gasteiger partial charge >= 0.3 is 0 Å². The Morgan fingerprint density at radius 3 is 2.62 bits per heavy atom. The zero-order chi connectivity index (χ0) is 12.3. The lowest BCUT2D eigenvalue weighted by Crippen LogP contribution is -2.28. The van der Waals surface area contributed by atoms with Crippen molar-refractivity contribution in [3.8, 4) is 0 Å². The first-order valence-electron chi connectivity index (χ1n) is 5.03. The van der Waals surface area contributed by atoms with Crippen LogP contribution in [-0.2, 0) is 13.7 Å². The number of hydrogen-bond acceptors (Lipinski definition) is 5. The third-order valence-electron chi connectivity index (χ3n) is 2.06. The molecule has 0 aliphatic rings. The van der Waals surface area contributed by atoms with Crippen LogP contribution in [-0.4, -0.2) is 19.3 Å². The van der Waals surface area contributed by atoms with Crippen molar-refractivity contribution in [1.82, 2.24) is 19.3 Å². The molecule has 2 aromatic heterocycles. The standard InChI is InChI=1S/C7H10N6O.C2H6/c1-12-5-4(2-10-12)11-7(9)13(3-8)6(5)14;1-2/h2H,3,8H2,1H3,(H2,9,11);1-2H3. The first-order valence-corrected chi connectivity index (χ1v) is 5.03. The smallest absolute Gasteiger partial charge is 0.282 e. The van der Waals surface area contributed by atoms with E-state index in [2.05, 4.69) is 10.1 Å². The SMILES string of the molecule is CC.Cn1ncc2nc(N)n(CN)c(=O)c21. The van der Waals surface area contributed by atoms with Crippen molar-refractivity contribution in [3.63, 3.8) is 0 Å². The van der Waals surface area contributed by atoms with Gasteiger partial charge in [0.25, 0.3) is 5.56 Å². The summed E-state index contributed by atoms with van der Waals surface area (Å²) in [6.45, 7) is 4.01.